The van der Waals surface area contributed by atoms with Gasteiger partial charge in [0.05, 0.1) is 17.6 Å². The molecule has 4 rings (SSSR count). The minimum atomic E-state index is -0.304. The van der Waals surface area contributed by atoms with Gasteiger partial charge in [0.1, 0.15) is 11.6 Å². The summed E-state index contributed by atoms with van der Waals surface area (Å²) in [5.41, 5.74) is 5.70. The fourth-order valence-corrected chi connectivity index (χ4v) is 3.57. The Bertz CT molecular complexity index is 1090. The minimum Gasteiger partial charge on any atom is -0.319 e. The third kappa shape index (κ3) is 2.89. The molecular weight excluding hydrogens is 347 g/mol. The highest BCUT2D eigenvalue weighted by molar-refractivity contribution is 6.31. The Morgan fingerprint density at radius 1 is 1.00 bits per heavy atom. The molecule has 0 aliphatic rings. The van der Waals surface area contributed by atoms with Crippen LogP contribution in [-0.2, 0) is 6.54 Å². The van der Waals surface area contributed by atoms with E-state index in [9.17, 15) is 4.39 Å². The van der Waals surface area contributed by atoms with Gasteiger partial charge in [-0.25, -0.2) is 9.37 Å². The Labute approximate surface area is 156 Å². The molecule has 0 amide bonds. The summed E-state index contributed by atoms with van der Waals surface area (Å²) in [6.07, 6.45) is 0. The highest BCUT2D eigenvalue weighted by Crippen LogP contribution is 2.30. The van der Waals surface area contributed by atoms with E-state index in [1.807, 2.05) is 28.8 Å². The van der Waals surface area contributed by atoms with Gasteiger partial charge in [-0.15, -0.1) is 0 Å². The Balaban J connectivity index is 1.95. The third-order valence-electron chi connectivity index (χ3n) is 4.66. The van der Waals surface area contributed by atoms with Crippen molar-refractivity contribution in [1.82, 2.24) is 9.55 Å². The Kier molecular flexibility index (Phi) is 4.25. The number of hydrogen-bond acceptors (Lipinski definition) is 1. The number of fused-ring (bicyclic) bond motifs is 1. The zero-order valence-corrected chi connectivity index (χ0v) is 15.4. The molecule has 0 atom stereocenters. The van der Waals surface area contributed by atoms with Crippen LogP contribution in [0.25, 0.3) is 22.4 Å². The van der Waals surface area contributed by atoms with Crippen LogP contribution >= 0.6 is 11.6 Å². The summed E-state index contributed by atoms with van der Waals surface area (Å²) in [6.45, 7) is 4.47. The first-order chi connectivity index (χ1) is 12.5. The molecule has 0 fully saturated rings. The van der Waals surface area contributed by atoms with Crippen LogP contribution in [0.2, 0.25) is 5.02 Å². The Morgan fingerprint density at radius 2 is 1.81 bits per heavy atom. The monoisotopic (exact) mass is 364 g/mol. The van der Waals surface area contributed by atoms with E-state index in [1.54, 1.807) is 12.1 Å². The minimum absolute atomic E-state index is 0.304. The number of imidazole rings is 1. The fourth-order valence-electron chi connectivity index (χ4n) is 3.35. The first kappa shape index (κ1) is 16.8. The fraction of sp³-hybridized carbons (Fsp3) is 0.136. The Hall–Kier alpha value is -2.65. The van der Waals surface area contributed by atoms with Crippen LogP contribution in [0, 0.1) is 19.7 Å². The molecule has 0 saturated heterocycles. The molecule has 0 radical (unpaired) electrons. The molecule has 1 aromatic heterocycles. The SMILES string of the molecule is Cc1ccc(-c2nc3ccccc3n2Cc2c(F)cccc2Cl)c(C)c1. The van der Waals surface area contributed by atoms with Crippen molar-refractivity contribution in [3.05, 3.63) is 88.2 Å². The molecule has 130 valence electrons. The van der Waals surface area contributed by atoms with E-state index in [2.05, 4.69) is 32.0 Å². The van der Waals surface area contributed by atoms with Crippen molar-refractivity contribution in [1.29, 1.82) is 0 Å². The van der Waals surface area contributed by atoms with Crippen LogP contribution < -0.4 is 0 Å². The van der Waals surface area contributed by atoms with Crippen LogP contribution in [0.15, 0.2) is 60.7 Å². The van der Waals surface area contributed by atoms with Gasteiger partial charge in [0, 0.05) is 16.1 Å². The van der Waals surface area contributed by atoms with Gasteiger partial charge in [0.25, 0.3) is 0 Å². The lowest BCUT2D eigenvalue weighted by Gasteiger charge is -2.13. The Morgan fingerprint density at radius 3 is 2.58 bits per heavy atom. The predicted molar refractivity (Wildman–Crippen MR) is 105 cm³/mol. The van der Waals surface area contributed by atoms with Crippen molar-refractivity contribution in [3.63, 3.8) is 0 Å². The molecule has 0 aliphatic heterocycles. The standard InChI is InChI=1S/C22H18ClFN2/c1-14-10-11-16(15(2)12-14)22-25-20-8-3-4-9-21(20)26(22)13-17-18(23)6-5-7-19(17)24/h3-12H,13H2,1-2H3. The lowest BCUT2D eigenvalue weighted by atomic mass is 10.1. The normalized spacial score (nSPS) is 11.2. The van der Waals surface area contributed by atoms with Gasteiger partial charge in [-0.05, 0) is 43.7 Å². The maximum atomic E-state index is 14.4. The van der Waals surface area contributed by atoms with E-state index < -0.39 is 0 Å². The predicted octanol–water partition coefficient (Wildman–Crippen LogP) is 6.16. The van der Waals surface area contributed by atoms with Crippen LogP contribution in [0.3, 0.4) is 0 Å². The van der Waals surface area contributed by atoms with Crippen molar-refractivity contribution in [2.24, 2.45) is 0 Å². The number of benzene rings is 3. The summed E-state index contributed by atoms with van der Waals surface area (Å²) in [5.74, 6) is 0.518. The first-order valence-electron chi connectivity index (χ1n) is 8.50. The van der Waals surface area contributed by atoms with Crippen molar-refractivity contribution in [2.45, 2.75) is 20.4 Å². The average molecular weight is 365 g/mol. The van der Waals surface area contributed by atoms with Gasteiger partial charge in [-0.3, -0.25) is 0 Å². The van der Waals surface area contributed by atoms with Crippen LogP contribution in [0.1, 0.15) is 16.7 Å². The maximum absolute atomic E-state index is 14.4. The average Bonchev–Trinajstić information content (AvgIpc) is 2.96. The topological polar surface area (TPSA) is 17.8 Å². The quantitative estimate of drug-likeness (QED) is 0.425. The summed E-state index contributed by atoms with van der Waals surface area (Å²) in [5, 5.41) is 0.425. The number of para-hydroxylation sites is 2. The number of rotatable bonds is 3. The molecule has 0 saturated carbocycles. The van der Waals surface area contributed by atoms with Crippen molar-refractivity contribution in [3.8, 4) is 11.4 Å². The zero-order valence-electron chi connectivity index (χ0n) is 14.6. The van der Waals surface area contributed by atoms with Gasteiger partial charge in [-0.2, -0.15) is 0 Å². The molecule has 0 aliphatic carbocycles. The largest absolute Gasteiger partial charge is 0.319 e. The zero-order chi connectivity index (χ0) is 18.3. The van der Waals surface area contributed by atoms with E-state index in [1.165, 1.54) is 11.6 Å². The van der Waals surface area contributed by atoms with Gasteiger partial charge in [-0.1, -0.05) is 53.6 Å². The molecule has 26 heavy (non-hydrogen) atoms. The number of aromatic nitrogens is 2. The molecule has 0 unspecified atom stereocenters. The second kappa shape index (κ2) is 6.58. The number of nitrogens with zero attached hydrogens (tertiary/aromatic N) is 2. The van der Waals surface area contributed by atoms with E-state index in [0.717, 1.165) is 28.0 Å². The number of halogens is 2. The molecule has 0 spiro atoms. The molecule has 3 aromatic carbocycles. The molecule has 1 heterocycles. The van der Waals surface area contributed by atoms with Crippen molar-refractivity contribution >= 4 is 22.6 Å². The summed E-state index contributed by atoms with van der Waals surface area (Å²) in [6, 6.07) is 19.0. The van der Waals surface area contributed by atoms with Gasteiger partial charge >= 0.3 is 0 Å². The maximum Gasteiger partial charge on any atom is 0.141 e. The molecule has 4 heteroatoms. The molecule has 0 N–H and O–H groups in total. The smallest absolute Gasteiger partial charge is 0.141 e. The van der Waals surface area contributed by atoms with Crippen LogP contribution in [0.4, 0.5) is 4.39 Å². The molecule has 0 bridgehead atoms. The van der Waals surface area contributed by atoms with Crippen molar-refractivity contribution < 1.29 is 4.39 Å². The van der Waals surface area contributed by atoms with E-state index in [-0.39, 0.29) is 5.82 Å². The lowest BCUT2D eigenvalue weighted by Crippen LogP contribution is -2.05. The highest BCUT2D eigenvalue weighted by Gasteiger charge is 2.17. The van der Waals surface area contributed by atoms with Gasteiger partial charge in [0.15, 0.2) is 0 Å². The van der Waals surface area contributed by atoms with Crippen LogP contribution in [0.5, 0.6) is 0 Å². The second-order valence-electron chi connectivity index (χ2n) is 6.53. The van der Waals surface area contributed by atoms with Gasteiger partial charge in [0.2, 0.25) is 0 Å². The highest BCUT2D eigenvalue weighted by atomic mass is 35.5. The summed E-state index contributed by atoms with van der Waals surface area (Å²) < 4.78 is 16.4. The van der Waals surface area contributed by atoms with E-state index >= 15 is 0 Å². The van der Waals surface area contributed by atoms with Crippen LogP contribution in [-0.4, -0.2) is 9.55 Å². The summed E-state index contributed by atoms with van der Waals surface area (Å²) in [7, 11) is 0. The van der Waals surface area contributed by atoms with E-state index in [0.29, 0.717) is 17.1 Å². The molecular formula is C22H18ClFN2. The van der Waals surface area contributed by atoms with Crippen molar-refractivity contribution in [2.75, 3.05) is 0 Å². The molecule has 4 aromatic rings. The summed E-state index contributed by atoms with van der Waals surface area (Å²) in [4.78, 5) is 4.83. The summed E-state index contributed by atoms with van der Waals surface area (Å²) >= 11 is 6.27. The number of aryl methyl sites for hydroxylation is 2. The first-order valence-corrected chi connectivity index (χ1v) is 8.88. The third-order valence-corrected chi connectivity index (χ3v) is 5.01. The van der Waals surface area contributed by atoms with E-state index in [4.69, 9.17) is 16.6 Å². The number of hydrogen-bond donors (Lipinski definition) is 0. The molecule has 2 nitrogen and oxygen atoms in total. The second-order valence-corrected chi connectivity index (χ2v) is 6.94. The lowest BCUT2D eigenvalue weighted by molar-refractivity contribution is 0.602. The van der Waals surface area contributed by atoms with Gasteiger partial charge < -0.3 is 4.57 Å².